The maximum atomic E-state index is 12.4. The number of benzene rings is 2. The molecule has 1 heterocycles. The van der Waals surface area contributed by atoms with Gasteiger partial charge in [-0.1, -0.05) is 24.3 Å². The first-order chi connectivity index (χ1) is 14.7. The number of ether oxygens (including phenoxy) is 2. The van der Waals surface area contributed by atoms with E-state index in [-0.39, 0.29) is 18.4 Å². The Morgan fingerprint density at radius 3 is 2.67 bits per heavy atom. The van der Waals surface area contributed by atoms with Crippen LogP contribution in [0.5, 0.6) is 11.5 Å². The highest BCUT2D eigenvalue weighted by molar-refractivity contribution is 6.00. The van der Waals surface area contributed by atoms with E-state index in [1.807, 2.05) is 19.1 Å². The third-order valence-electron chi connectivity index (χ3n) is 4.09. The van der Waals surface area contributed by atoms with E-state index in [9.17, 15) is 9.59 Å². The normalized spacial score (nSPS) is 10.2. The summed E-state index contributed by atoms with van der Waals surface area (Å²) in [5, 5.41) is 5.36. The van der Waals surface area contributed by atoms with Crippen LogP contribution in [-0.2, 0) is 11.4 Å². The number of anilines is 1. The van der Waals surface area contributed by atoms with Crippen molar-refractivity contribution in [2.24, 2.45) is 0 Å². The van der Waals surface area contributed by atoms with Gasteiger partial charge in [0.1, 0.15) is 18.1 Å². The molecular weight excluding hydrogens is 382 g/mol. The van der Waals surface area contributed by atoms with Crippen molar-refractivity contribution >= 4 is 17.5 Å². The Morgan fingerprint density at radius 2 is 1.87 bits per heavy atom. The molecule has 0 atom stereocenters. The van der Waals surface area contributed by atoms with Crippen LogP contribution in [0, 0.1) is 0 Å². The Labute approximate surface area is 175 Å². The highest BCUT2D eigenvalue weighted by atomic mass is 16.5. The van der Waals surface area contributed by atoms with E-state index in [0.29, 0.717) is 36.0 Å². The number of nitrogens with zero attached hydrogens (tertiary/aromatic N) is 1. The maximum Gasteiger partial charge on any atom is 0.255 e. The third kappa shape index (κ3) is 6.07. The van der Waals surface area contributed by atoms with Gasteiger partial charge < -0.3 is 20.1 Å². The molecule has 2 amide bonds. The summed E-state index contributed by atoms with van der Waals surface area (Å²) >= 11 is 0. The fourth-order valence-corrected chi connectivity index (χ4v) is 2.71. The standard InChI is InChI=1S/C23H23N3O4/c1-2-29-21-11-4-3-10-20(21)23(28)25-15-22(27)26-18-8-5-9-19(13-18)30-16-17-7-6-12-24-14-17/h3-14H,2,15-16H2,1H3,(H,25,28)(H,26,27). The molecule has 0 aliphatic rings. The summed E-state index contributed by atoms with van der Waals surface area (Å²) in [4.78, 5) is 28.7. The minimum atomic E-state index is -0.372. The Morgan fingerprint density at radius 1 is 1.00 bits per heavy atom. The predicted octanol–water partition coefficient (Wildman–Crippen LogP) is 3.43. The number of rotatable bonds is 9. The highest BCUT2D eigenvalue weighted by Crippen LogP contribution is 2.19. The minimum absolute atomic E-state index is 0.167. The first-order valence-corrected chi connectivity index (χ1v) is 9.57. The molecule has 0 saturated heterocycles. The van der Waals surface area contributed by atoms with Crippen LogP contribution >= 0.6 is 0 Å². The molecule has 2 N–H and O–H groups in total. The maximum absolute atomic E-state index is 12.4. The Kier molecular flexibility index (Phi) is 7.38. The molecule has 3 aromatic rings. The van der Waals surface area contributed by atoms with Gasteiger partial charge in [0, 0.05) is 29.7 Å². The molecule has 0 spiro atoms. The van der Waals surface area contributed by atoms with Crippen LogP contribution in [-0.4, -0.2) is 29.9 Å². The van der Waals surface area contributed by atoms with Crippen LogP contribution in [0.3, 0.4) is 0 Å². The second-order valence-electron chi connectivity index (χ2n) is 6.34. The molecule has 3 rings (SSSR count). The quantitative estimate of drug-likeness (QED) is 0.569. The zero-order valence-electron chi connectivity index (χ0n) is 16.6. The molecule has 0 saturated carbocycles. The Balaban J connectivity index is 1.52. The smallest absolute Gasteiger partial charge is 0.255 e. The number of nitrogens with one attached hydrogen (secondary N) is 2. The third-order valence-corrected chi connectivity index (χ3v) is 4.09. The Bertz CT molecular complexity index is 993. The van der Waals surface area contributed by atoms with E-state index >= 15 is 0 Å². The largest absolute Gasteiger partial charge is 0.493 e. The summed E-state index contributed by atoms with van der Waals surface area (Å²) in [7, 11) is 0. The lowest BCUT2D eigenvalue weighted by molar-refractivity contribution is -0.115. The molecule has 0 aliphatic heterocycles. The van der Waals surface area contributed by atoms with E-state index in [4.69, 9.17) is 9.47 Å². The van der Waals surface area contributed by atoms with Crippen molar-refractivity contribution in [3.8, 4) is 11.5 Å². The summed E-state index contributed by atoms with van der Waals surface area (Å²) < 4.78 is 11.2. The van der Waals surface area contributed by atoms with Gasteiger partial charge in [0.2, 0.25) is 5.91 Å². The summed E-state index contributed by atoms with van der Waals surface area (Å²) in [6.45, 7) is 2.50. The van der Waals surface area contributed by atoms with Crippen LogP contribution in [0.15, 0.2) is 73.1 Å². The average Bonchev–Trinajstić information content (AvgIpc) is 2.78. The van der Waals surface area contributed by atoms with E-state index in [2.05, 4.69) is 15.6 Å². The topological polar surface area (TPSA) is 89.5 Å². The molecule has 0 bridgehead atoms. The molecular formula is C23H23N3O4. The van der Waals surface area contributed by atoms with Gasteiger partial charge in [0.15, 0.2) is 0 Å². The van der Waals surface area contributed by atoms with Crippen molar-refractivity contribution in [2.45, 2.75) is 13.5 Å². The van der Waals surface area contributed by atoms with Crippen molar-refractivity contribution < 1.29 is 19.1 Å². The number of carbonyl (C=O) groups excluding carboxylic acids is 2. The number of hydrogen-bond donors (Lipinski definition) is 2. The van der Waals surface area contributed by atoms with Crippen LogP contribution in [0.2, 0.25) is 0 Å². The monoisotopic (exact) mass is 405 g/mol. The van der Waals surface area contributed by atoms with Gasteiger partial charge in [0.05, 0.1) is 18.7 Å². The molecule has 0 unspecified atom stereocenters. The number of aromatic nitrogens is 1. The SMILES string of the molecule is CCOc1ccccc1C(=O)NCC(=O)Nc1cccc(OCc2cccnc2)c1. The van der Waals surface area contributed by atoms with Gasteiger partial charge >= 0.3 is 0 Å². The molecule has 0 aliphatic carbocycles. The molecule has 2 aromatic carbocycles. The van der Waals surface area contributed by atoms with Gasteiger partial charge in [0.25, 0.3) is 5.91 Å². The summed E-state index contributed by atoms with van der Waals surface area (Å²) in [6.07, 6.45) is 3.44. The number of pyridine rings is 1. The lowest BCUT2D eigenvalue weighted by Gasteiger charge is -2.11. The van der Waals surface area contributed by atoms with E-state index in [1.54, 1.807) is 60.9 Å². The van der Waals surface area contributed by atoms with E-state index in [1.165, 1.54) is 0 Å². The summed E-state index contributed by atoms with van der Waals surface area (Å²) in [5.41, 5.74) is 1.91. The van der Waals surface area contributed by atoms with E-state index < -0.39 is 0 Å². The lowest BCUT2D eigenvalue weighted by atomic mass is 10.2. The first-order valence-electron chi connectivity index (χ1n) is 9.57. The minimum Gasteiger partial charge on any atom is -0.493 e. The number of para-hydroxylation sites is 1. The second kappa shape index (κ2) is 10.6. The van der Waals surface area contributed by atoms with Crippen molar-refractivity contribution in [3.63, 3.8) is 0 Å². The summed E-state index contributed by atoms with van der Waals surface area (Å²) in [6, 6.07) is 17.7. The predicted molar refractivity (Wildman–Crippen MR) is 114 cm³/mol. The Hall–Kier alpha value is -3.87. The number of hydrogen-bond acceptors (Lipinski definition) is 5. The van der Waals surface area contributed by atoms with Crippen LogP contribution in [0.25, 0.3) is 0 Å². The average molecular weight is 405 g/mol. The van der Waals surface area contributed by atoms with Crippen LogP contribution < -0.4 is 20.1 Å². The molecule has 30 heavy (non-hydrogen) atoms. The van der Waals surface area contributed by atoms with Crippen molar-refractivity contribution in [1.82, 2.24) is 10.3 Å². The first kappa shape index (κ1) is 20.9. The highest BCUT2D eigenvalue weighted by Gasteiger charge is 2.13. The molecule has 0 fully saturated rings. The van der Waals surface area contributed by atoms with E-state index in [0.717, 1.165) is 5.56 Å². The zero-order chi connectivity index (χ0) is 21.2. The van der Waals surface area contributed by atoms with Crippen LogP contribution in [0.4, 0.5) is 5.69 Å². The molecule has 7 nitrogen and oxygen atoms in total. The van der Waals surface area contributed by atoms with Crippen molar-refractivity contribution in [2.75, 3.05) is 18.5 Å². The van der Waals surface area contributed by atoms with Crippen LogP contribution in [0.1, 0.15) is 22.8 Å². The molecule has 0 radical (unpaired) electrons. The molecule has 7 heteroatoms. The summed E-state index contributed by atoms with van der Waals surface area (Å²) in [5.74, 6) is 0.382. The van der Waals surface area contributed by atoms with Gasteiger partial charge in [-0.3, -0.25) is 14.6 Å². The van der Waals surface area contributed by atoms with Gasteiger partial charge in [-0.2, -0.15) is 0 Å². The fraction of sp³-hybridized carbons (Fsp3) is 0.174. The van der Waals surface area contributed by atoms with Gasteiger partial charge in [-0.25, -0.2) is 0 Å². The lowest BCUT2D eigenvalue weighted by Crippen LogP contribution is -2.33. The van der Waals surface area contributed by atoms with Gasteiger partial charge in [-0.05, 0) is 37.3 Å². The van der Waals surface area contributed by atoms with Gasteiger partial charge in [-0.15, -0.1) is 0 Å². The number of carbonyl (C=O) groups is 2. The second-order valence-corrected chi connectivity index (χ2v) is 6.34. The molecule has 1 aromatic heterocycles. The van der Waals surface area contributed by atoms with Crippen molar-refractivity contribution in [1.29, 1.82) is 0 Å². The fourth-order valence-electron chi connectivity index (χ4n) is 2.71. The molecule has 154 valence electrons. The van der Waals surface area contributed by atoms with Crippen molar-refractivity contribution in [3.05, 3.63) is 84.2 Å². The number of amides is 2. The zero-order valence-corrected chi connectivity index (χ0v) is 16.6.